The quantitative estimate of drug-likeness (QED) is 0.304. The van der Waals surface area contributed by atoms with Crippen molar-refractivity contribution in [1.82, 2.24) is 0 Å². The van der Waals surface area contributed by atoms with E-state index in [-0.39, 0.29) is 5.78 Å². The second-order valence-electron chi connectivity index (χ2n) is 8.39. The van der Waals surface area contributed by atoms with Gasteiger partial charge in [-0.1, -0.05) is 97.1 Å². The SMILES string of the molecule is COC(C)(C(=O)c1ccc(-c2ccc(-c3ccc(C)c(C)c3)cc2)cc1)c1ccccc1. The summed E-state index contributed by atoms with van der Waals surface area (Å²) in [6, 6.07) is 32.5. The maximum Gasteiger partial charge on any atom is 0.198 e. The largest absolute Gasteiger partial charge is 0.366 e. The van der Waals surface area contributed by atoms with Crippen LogP contribution in [0.3, 0.4) is 0 Å². The van der Waals surface area contributed by atoms with Gasteiger partial charge in [0.15, 0.2) is 11.4 Å². The molecule has 4 aromatic rings. The summed E-state index contributed by atoms with van der Waals surface area (Å²) < 4.78 is 5.68. The van der Waals surface area contributed by atoms with Crippen LogP contribution in [0.5, 0.6) is 0 Å². The number of carbonyl (C=O) groups excluding carboxylic acids is 1. The van der Waals surface area contributed by atoms with Gasteiger partial charge < -0.3 is 4.74 Å². The van der Waals surface area contributed by atoms with Gasteiger partial charge in [-0.25, -0.2) is 0 Å². The van der Waals surface area contributed by atoms with E-state index in [0.29, 0.717) is 5.56 Å². The number of hydrogen-bond acceptors (Lipinski definition) is 2. The molecule has 0 aromatic heterocycles. The number of hydrogen-bond donors (Lipinski definition) is 0. The van der Waals surface area contributed by atoms with E-state index in [1.165, 1.54) is 22.3 Å². The van der Waals surface area contributed by atoms with Crippen molar-refractivity contribution < 1.29 is 9.53 Å². The Hall–Kier alpha value is -3.49. The number of carbonyl (C=O) groups is 1. The average molecular weight is 421 g/mol. The van der Waals surface area contributed by atoms with Crippen molar-refractivity contribution in [2.24, 2.45) is 0 Å². The van der Waals surface area contributed by atoms with Crippen LogP contribution in [0.4, 0.5) is 0 Å². The fraction of sp³-hybridized carbons (Fsp3) is 0.167. The van der Waals surface area contributed by atoms with Crippen LogP contribution in [0.15, 0.2) is 97.1 Å². The molecular weight excluding hydrogens is 392 g/mol. The zero-order valence-electron chi connectivity index (χ0n) is 19.1. The molecule has 4 rings (SSSR count). The number of Topliss-reactive ketones (excluding diaryl/α,β-unsaturated/α-hetero) is 1. The molecule has 0 saturated carbocycles. The molecule has 0 N–H and O–H groups in total. The van der Waals surface area contributed by atoms with Crippen molar-refractivity contribution in [3.8, 4) is 22.3 Å². The number of methoxy groups -OCH3 is 1. The van der Waals surface area contributed by atoms with E-state index >= 15 is 0 Å². The maximum absolute atomic E-state index is 13.3. The van der Waals surface area contributed by atoms with Crippen LogP contribution in [-0.4, -0.2) is 12.9 Å². The Morgan fingerprint density at radius 3 is 1.69 bits per heavy atom. The molecule has 0 heterocycles. The second-order valence-corrected chi connectivity index (χ2v) is 8.39. The molecule has 0 amide bonds. The molecule has 0 aliphatic rings. The zero-order valence-corrected chi connectivity index (χ0v) is 19.1. The van der Waals surface area contributed by atoms with E-state index in [4.69, 9.17) is 4.74 Å². The smallest absolute Gasteiger partial charge is 0.198 e. The first kappa shape index (κ1) is 21.7. The highest BCUT2D eigenvalue weighted by molar-refractivity contribution is 6.03. The van der Waals surface area contributed by atoms with E-state index in [0.717, 1.165) is 16.7 Å². The van der Waals surface area contributed by atoms with Gasteiger partial charge in [0, 0.05) is 12.7 Å². The molecule has 32 heavy (non-hydrogen) atoms. The molecule has 0 saturated heterocycles. The number of aryl methyl sites for hydroxylation is 2. The monoisotopic (exact) mass is 420 g/mol. The molecule has 1 atom stereocenters. The average Bonchev–Trinajstić information content (AvgIpc) is 2.85. The first-order valence-electron chi connectivity index (χ1n) is 10.9. The first-order valence-corrected chi connectivity index (χ1v) is 10.9. The first-order chi connectivity index (χ1) is 15.4. The Kier molecular flexibility index (Phi) is 6.07. The standard InChI is InChI=1S/C30H28O2/c1-21-10-11-27(20-22(21)2)25-14-12-23(13-15-25)24-16-18-26(19-17-24)29(31)30(3,32-4)28-8-6-5-7-9-28/h5-20H,1-4H3. The maximum atomic E-state index is 13.3. The summed E-state index contributed by atoms with van der Waals surface area (Å²) in [6.45, 7) is 6.10. The molecule has 0 radical (unpaired) electrons. The van der Waals surface area contributed by atoms with E-state index in [2.05, 4.69) is 56.3 Å². The third kappa shape index (κ3) is 4.15. The number of ketones is 1. The van der Waals surface area contributed by atoms with Crippen molar-refractivity contribution >= 4 is 5.78 Å². The summed E-state index contributed by atoms with van der Waals surface area (Å²) in [7, 11) is 1.58. The molecule has 0 aliphatic carbocycles. The normalized spacial score (nSPS) is 12.9. The van der Waals surface area contributed by atoms with Gasteiger partial charge in [-0.15, -0.1) is 0 Å². The Morgan fingerprint density at radius 1 is 0.656 bits per heavy atom. The van der Waals surface area contributed by atoms with Gasteiger partial charge in [0.1, 0.15) is 0 Å². The molecule has 4 aromatic carbocycles. The fourth-order valence-corrected chi connectivity index (χ4v) is 3.96. The zero-order chi connectivity index (χ0) is 22.7. The molecular formula is C30H28O2. The van der Waals surface area contributed by atoms with Crippen LogP contribution in [0.2, 0.25) is 0 Å². The Labute approximate surface area is 190 Å². The van der Waals surface area contributed by atoms with Crippen molar-refractivity contribution in [3.63, 3.8) is 0 Å². The highest BCUT2D eigenvalue weighted by Gasteiger charge is 2.35. The number of ether oxygens (including phenoxy) is 1. The summed E-state index contributed by atoms with van der Waals surface area (Å²) in [6.07, 6.45) is 0. The van der Waals surface area contributed by atoms with E-state index in [1.54, 1.807) is 7.11 Å². The minimum absolute atomic E-state index is 0.0529. The van der Waals surface area contributed by atoms with Crippen LogP contribution in [0.1, 0.15) is 34.0 Å². The molecule has 0 aliphatic heterocycles. The molecule has 0 fully saturated rings. The lowest BCUT2D eigenvalue weighted by Gasteiger charge is -2.27. The van der Waals surface area contributed by atoms with Crippen LogP contribution >= 0.6 is 0 Å². The van der Waals surface area contributed by atoms with Gasteiger partial charge in [0.2, 0.25) is 0 Å². The summed E-state index contributed by atoms with van der Waals surface area (Å²) in [5, 5.41) is 0. The van der Waals surface area contributed by atoms with Gasteiger partial charge in [-0.2, -0.15) is 0 Å². The lowest BCUT2D eigenvalue weighted by atomic mass is 9.87. The van der Waals surface area contributed by atoms with Gasteiger partial charge in [-0.05, 0) is 59.7 Å². The molecule has 0 spiro atoms. The minimum Gasteiger partial charge on any atom is -0.366 e. The Morgan fingerprint density at radius 2 is 1.16 bits per heavy atom. The van der Waals surface area contributed by atoms with Crippen molar-refractivity contribution in [2.45, 2.75) is 26.4 Å². The predicted octanol–water partition coefficient (Wildman–Crippen LogP) is 7.38. The van der Waals surface area contributed by atoms with E-state index in [9.17, 15) is 4.79 Å². The Balaban J connectivity index is 1.57. The van der Waals surface area contributed by atoms with Crippen LogP contribution in [0, 0.1) is 13.8 Å². The molecule has 160 valence electrons. The highest BCUT2D eigenvalue weighted by atomic mass is 16.5. The van der Waals surface area contributed by atoms with Crippen LogP contribution in [-0.2, 0) is 10.3 Å². The third-order valence-electron chi connectivity index (χ3n) is 6.37. The summed E-state index contributed by atoms with van der Waals surface area (Å²) >= 11 is 0. The number of rotatable bonds is 6. The Bertz CT molecular complexity index is 1220. The fourth-order valence-electron chi connectivity index (χ4n) is 3.96. The van der Waals surface area contributed by atoms with Gasteiger partial charge >= 0.3 is 0 Å². The molecule has 0 bridgehead atoms. The molecule has 2 heteroatoms. The summed E-state index contributed by atoms with van der Waals surface area (Å²) in [5.41, 5.74) is 7.68. The van der Waals surface area contributed by atoms with Crippen molar-refractivity contribution in [3.05, 3.63) is 119 Å². The predicted molar refractivity (Wildman–Crippen MR) is 132 cm³/mol. The highest BCUT2D eigenvalue weighted by Crippen LogP contribution is 2.31. The number of benzene rings is 4. The summed E-state index contributed by atoms with van der Waals surface area (Å²) in [4.78, 5) is 13.3. The van der Waals surface area contributed by atoms with Crippen LogP contribution < -0.4 is 0 Å². The topological polar surface area (TPSA) is 26.3 Å². The minimum atomic E-state index is -1.02. The lowest BCUT2D eigenvalue weighted by molar-refractivity contribution is 0.0101. The van der Waals surface area contributed by atoms with Crippen molar-refractivity contribution in [2.75, 3.05) is 7.11 Å². The third-order valence-corrected chi connectivity index (χ3v) is 6.37. The van der Waals surface area contributed by atoms with Crippen LogP contribution in [0.25, 0.3) is 22.3 Å². The second kappa shape index (κ2) is 8.94. The van der Waals surface area contributed by atoms with E-state index < -0.39 is 5.60 Å². The lowest BCUT2D eigenvalue weighted by Crippen LogP contribution is -2.34. The molecule has 1 unspecified atom stereocenters. The summed E-state index contributed by atoms with van der Waals surface area (Å²) in [5.74, 6) is -0.0529. The van der Waals surface area contributed by atoms with Gasteiger partial charge in [0.05, 0.1) is 0 Å². The van der Waals surface area contributed by atoms with Gasteiger partial charge in [-0.3, -0.25) is 4.79 Å². The van der Waals surface area contributed by atoms with E-state index in [1.807, 2.05) is 61.5 Å². The molecule has 2 nitrogen and oxygen atoms in total. The van der Waals surface area contributed by atoms with Gasteiger partial charge in [0.25, 0.3) is 0 Å². The van der Waals surface area contributed by atoms with Crippen molar-refractivity contribution in [1.29, 1.82) is 0 Å².